The maximum absolute atomic E-state index is 13.4. The van der Waals surface area contributed by atoms with Crippen molar-refractivity contribution >= 4 is 11.8 Å². The van der Waals surface area contributed by atoms with Gasteiger partial charge in [-0.25, -0.2) is 8.78 Å². The molecule has 0 spiro atoms. The summed E-state index contributed by atoms with van der Waals surface area (Å²) >= 11 is 0. The van der Waals surface area contributed by atoms with E-state index >= 15 is 0 Å². The van der Waals surface area contributed by atoms with Gasteiger partial charge in [0.2, 0.25) is 5.91 Å². The van der Waals surface area contributed by atoms with E-state index in [0.29, 0.717) is 25.9 Å². The van der Waals surface area contributed by atoms with Crippen LogP contribution in [0, 0.1) is 11.6 Å². The van der Waals surface area contributed by atoms with Crippen molar-refractivity contribution in [2.24, 2.45) is 0 Å². The fourth-order valence-corrected chi connectivity index (χ4v) is 2.51. The molecule has 2 amide bonds. The van der Waals surface area contributed by atoms with Gasteiger partial charge in [-0.3, -0.25) is 9.59 Å². The highest BCUT2D eigenvalue weighted by molar-refractivity contribution is 5.94. The van der Waals surface area contributed by atoms with Crippen LogP contribution in [0.15, 0.2) is 18.2 Å². The van der Waals surface area contributed by atoms with Crippen molar-refractivity contribution in [1.29, 1.82) is 0 Å². The third-order valence-corrected chi connectivity index (χ3v) is 3.73. The van der Waals surface area contributed by atoms with E-state index in [4.69, 9.17) is 0 Å². The Labute approximate surface area is 128 Å². The molecule has 2 rings (SSSR count). The number of halogens is 2. The van der Waals surface area contributed by atoms with Gasteiger partial charge < -0.3 is 10.2 Å². The van der Waals surface area contributed by atoms with Crippen LogP contribution in [0.2, 0.25) is 0 Å². The van der Waals surface area contributed by atoms with Crippen molar-refractivity contribution in [2.75, 3.05) is 19.6 Å². The Hall–Kier alpha value is -1.98. The first kappa shape index (κ1) is 16.4. The monoisotopic (exact) mass is 310 g/mol. The van der Waals surface area contributed by atoms with Crippen LogP contribution >= 0.6 is 0 Å². The topological polar surface area (TPSA) is 49.4 Å². The Morgan fingerprint density at radius 1 is 1.23 bits per heavy atom. The van der Waals surface area contributed by atoms with Crippen molar-refractivity contribution in [3.63, 3.8) is 0 Å². The van der Waals surface area contributed by atoms with Crippen LogP contribution in [0.5, 0.6) is 0 Å². The van der Waals surface area contributed by atoms with E-state index in [-0.39, 0.29) is 11.5 Å². The van der Waals surface area contributed by atoms with Crippen molar-refractivity contribution in [2.45, 2.75) is 32.1 Å². The number of carbonyl (C=O) groups is 2. The Bertz CT molecular complexity index is 549. The maximum Gasteiger partial charge on any atom is 0.254 e. The van der Waals surface area contributed by atoms with Crippen LogP contribution in [0.25, 0.3) is 0 Å². The zero-order chi connectivity index (χ0) is 15.9. The molecule has 0 saturated carbocycles. The second-order valence-electron chi connectivity index (χ2n) is 5.43. The quantitative estimate of drug-likeness (QED) is 0.850. The molecule has 4 nitrogen and oxygen atoms in total. The molecule has 0 bridgehead atoms. The van der Waals surface area contributed by atoms with Gasteiger partial charge in [0.15, 0.2) is 0 Å². The molecule has 0 aromatic heterocycles. The molecule has 1 aromatic rings. The van der Waals surface area contributed by atoms with Gasteiger partial charge in [-0.15, -0.1) is 0 Å². The first-order chi connectivity index (χ1) is 10.6. The van der Waals surface area contributed by atoms with Crippen LogP contribution < -0.4 is 5.32 Å². The van der Waals surface area contributed by atoms with Crippen LogP contribution in [0.3, 0.4) is 0 Å². The summed E-state index contributed by atoms with van der Waals surface area (Å²) in [6.07, 6.45) is 4.19. The highest BCUT2D eigenvalue weighted by Gasteiger charge is 2.16. The highest BCUT2D eigenvalue weighted by atomic mass is 19.1. The molecule has 6 heteroatoms. The normalized spacial score (nSPS) is 15.5. The van der Waals surface area contributed by atoms with Crippen LogP contribution in [0.1, 0.15) is 42.5 Å². The minimum Gasteiger partial charge on any atom is -0.352 e. The van der Waals surface area contributed by atoms with Crippen molar-refractivity contribution in [3.05, 3.63) is 35.4 Å². The predicted molar refractivity (Wildman–Crippen MR) is 78.4 cm³/mol. The zero-order valence-electron chi connectivity index (χ0n) is 12.4. The van der Waals surface area contributed by atoms with Gasteiger partial charge in [-0.05, 0) is 37.5 Å². The van der Waals surface area contributed by atoms with Crippen molar-refractivity contribution in [1.82, 2.24) is 10.2 Å². The molecule has 1 N–H and O–H groups in total. The Morgan fingerprint density at radius 3 is 2.86 bits per heavy atom. The number of nitrogens with one attached hydrogen (secondary N) is 1. The smallest absolute Gasteiger partial charge is 0.254 e. The third-order valence-electron chi connectivity index (χ3n) is 3.73. The lowest BCUT2D eigenvalue weighted by Crippen LogP contribution is -2.34. The summed E-state index contributed by atoms with van der Waals surface area (Å²) in [5.41, 5.74) is -0.300. The standard InChI is InChI=1S/C16H20F2N2O2/c17-12-6-7-14(18)13(11-12)16(22)19-8-4-10-20-9-3-1-2-5-15(20)21/h6-7,11H,1-5,8-10H2,(H,19,22). The number of hydrogen-bond donors (Lipinski definition) is 1. The van der Waals surface area contributed by atoms with E-state index < -0.39 is 17.5 Å². The third kappa shape index (κ3) is 4.51. The Morgan fingerprint density at radius 2 is 2.05 bits per heavy atom. The SMILES string of the molecule is O=C(NCCCN1CCCCCC1=O)c1cc(F)ccc1F. The van der Waals surface area contributed by atoms with Gasteiger partial charge >= 0.3 is 0 Å². The molecule has 1 aromatic carbocycles. The molecule has 0 atom stereocenters. The van der Waals surface area contributed by atoms with Crippen LogP contribution in [-0.2, 0) is 4.79 Å². The van der Waals surface area contributed by atoms with Crippen LogP contribution in [0.4, 0.5) is 8.78 Å². The highest BCUT2D eigenvalue weighted by Crippen LogP contribution is 2.12. The Kier molecular flexibility index (Phi) is 5.86. The van der Waals surface area contributed by atoms with Gasteiger partial charge in [-0.2, -0.15) is 0 Å². The molecule has 22 heavy (non-hydrogen) atoms. The number of hydrogen-bond acceptors (Lipinski definition) is 2. The second-order valence-corrected chi connectivity index (χ2v) is 5.43. The predicted octanol–water partition coefficient (Wildman–Crippen LogP) is 2.49. The lowest BCUT2D eigenvalue weighted by molar-refractivity contribution is -0.130. The van der Waals surface area contributed by atoms with E-state index in [2.05, 4.69) is 5.32 Å². The van der Waals surface area contributed by atoms with Gasteiger partial charge in [-0.1, -0.05) is 6.42 Å². The molecule has 120 valence electrons. The molecule has 1 heterocycles. The first-order valence-electron chi connectivity index (χ1n) is 7.59. The number of benzene rings is 1. The van der Waals surface area contributed by atoms with E-state index in [1.165, 1.54) is 0 Å². The average molecular weight is 310 g/mol. The maximum atomic E-state index is 13.4. The molecule has 0 aliphatic carbocycles. The summed E-state index contributed by atoms with van der Waals surface area (Å²) < 4.78 is 26.5. The number of rotatable bonds is 5. The lowest BCUT2D eigenvalue weighted by atomic mass is 10.2. The molecule has 1 fully saturated rings. The molecule has 0 unspecified atom stereocenters. The summed E-state index contributed by atoms with van der Waals surface area (Å²) in [6.45, 7) is 1.65. The van der Waals surface area contributed by atoms with E-state index in [9.17, 15) is 18.4 Å². The van der Waals surface area contributed by atoms with Crippen LogP contribution in [-0.4, -0.2) is 36.3 Å². The minimum absolute atomic E-state index is 0.153. The minimum atomic E-state index is -0.749. The van der Waals surface area contributed by atoms with Gasteiger partial charge in [0.1, 0.15) is 11.6 Å². The lowest BCUT2D eigenvalue weighted by Gasteiger charge is -2.20. The zero-order valence-corrected chi connectivity index (χ0v) is 12.4. The summed E-state index contributed by atoms with van der Waals surface area (Å²) in [4.78, 5) is 25.4. The van der Waals surface area contributed by atoms with Gasteiger partial charge in [0, 0.05) is 26.1 Å². The summed E-state index contributed by atoms with van der Waals surface area (Å²) in [5, 5.41) is 2.55. The largest absolute Gasteiger partial charge is 0.352 e. The van der Waals surface area contributed by atoms with E-state index in [1.54, 1.807) is 0 Å². The molecule has 1 saturated heterocycles. The van der Waals surface area contributed by atoms with Crippen molar-refractivity contribution < 1.29 is 18.4 Å². The molecule has 0 radical (unpaired) electrons. The van der Waals surface area contributed by atoms with Crippen molar-refractivity contribution in [3.8, 4) is 0 Å². The Balaban J connectivity index is 1.77. The second kappa shape index (κ2) is 7.87. The number of carbonyl (C=O) groups excluding carboxylic acids is 2. The number of likely N-dealkylation sites (tertiary alicyclic amines) is 1. The fraction of sp³-hybridized carbons (Fsp3) is 0.500. The summed E-state index contributed by atoms with van der Waals surface area (Å²) in [5.74, 6) is -1.89. The van der Waals surface area contributed by atoms with E-state index in [1.807, 2.05) is 4.90 Å². The fourth-order valence-electron chi connectivity index (χ4n) is 2.51. The molecule has 1 aliphatic rings. The van der Waals surface area contributed by atoms with Gasteiger partial charge in [0.05, 0.1) is 5.56 Å². The molecule has 1 aliphatic heterocycles. The van der Waals surface area contributed by atoms with Gasteiger partial charge in [0.25, 0.3) is 5.91 Å². The molecular weight excluding hydrogens is 290 g/mol. The van der Waals surface area contributed by atoms with E-state index in [0.717, 1.165) is 44.0 Å². The average Bonchev–Trinajstić information content (AvgIpc) is 2.70. The summed E-state index contributed by atoms with van der Waals surface area (Å²) in [7, 11) is 0. The summed E-state index contributed by atoms with van der Waals surface area (Å²) in [6, 6.07) is 2.78. The first-order valence-corrected chi connectivity index (χ1v) is 7.59. The number of nitrogens with zero attached hydrogens (tertiary/aromatic N) is 1. The number of amides is 2. The molecular formula is C16H20F2N2O2.